The molecule has 1 aromatic heterocycles. The van der Waals surface area contributed by atoms with Crippen LogP contribution in [0, 0.1) is 10.1 Å². The molecule has 1 heterocycles. The van der Waals surface area contributed by atoms with E-state index in [2.05, 4.69) is 16.5 Å². The molecule has 1 aromatic carbocycles. The average Bonchev–Trinajstić information content (AvgIpc) is 3.13. The number of aliphatic hydroxyl groups is 1. The van der Waals surface area contributed by atoms with Gasteiger partial charge in [-0.05, 0) is 28.9 Å². The number of aryl methyl sites for hydroxylation is 1. The lowest BCUT2D eigenvalue weighted by atomic mass is 9.92. The predicted molar refractivity (Wildman–Crippen MR) is 80.4 cm³/mol. The fourth-order valence-corrected chi connectivity index (χ4v) is 3.07. The summed E-state index contributed by atoms with van der Waals surface area (Å²) in [7, 11) is 0. The average molecular weight is 302 g/mol. The van der Waals surface area contributed by atoms with Crippen LogP contribution in [0.15, 0.2) is 36.5 Å². The zero-order chi connectivity index (χ0) is 15.6. The SMILES string of the molecule is O=[N+]([O-])c1ccn(CCNC2(CO)CCc3ccccc32)n1. The van der Waals surface area contributed by atoms with Gasteiger partial charge in [0, 0.05) is 6.54 Å². The molecule has 0 fully saturated rings. The van der Waals surface area contributed by atoms with E-state index in [1.807, 2.05) is 18.2 Å². The van der Waals surface area contributed by atoms with Crippen LogP contribution in [0.5, 0.6) is 0 Å². The molecule has 22 heavy (non-hydrogen) atoms. The Morgan fingerprint density at radius 3 is 2.95 bits per heavy atom. The molecule has 0 bridgehead atoms. The first-order chi connectivity index (χ1) is 10.6. The molecule has 0 amide bonds. The van der Waals surface area contributed by atoms with Crippen molar-refractivity contribution in [3.63, 3.8) is 0 Å². The van der Waals surface area contributed by atoms with Crippen molar-refractivity contribution in [2.45, 2.75) is 24.9 Å². The van der Waals surface area contributed by atoms with E-state index in [9.17, 15) is 15.2 Å². The summed E-state index contributed by atoms with van der Waals surface area (Å²) in [5.74, 6) is -0.150. The third kappa shape index (κ3) is 2.60. The molecule has 1 atom stereocenters. The Labute approximate surface area is 127 Å². The Morgan fingerprint density at radius 2 is 2.23 bits per heavy atom. The number of nitro groups is 1. The molecule has 116 valence electrons. The van der Waals surface area contributed by atoms with Crippen LogP contribution in [-0.2, 0) is 18.5 Å². The maximum absolute atomic E-state index is 10.6. The van der Waals surface area contributed by atoms with Crippen LogP contribution in [-0.4, -0.2) is 33.0 Å². The van der Waals surface area contributed by atoms with Crippen molar-refractivity contribution in [2.75, 3.05) is 13.2 Å². The van der Waals surface area contributed by atoms with Crippen molar-refractivity contribution in [3.8, 4) is 0 Å². The lowest BCUT2D eigenvalue weighted by molar-refractivity contribution is -0.389. The molecule has 3 rings (SSSR count). The van der Waals surface area contributed by atoms with Crippen LogP contribution < -0.4 is 5.32 Å². The quantitative estimate of drug-likeness (QED) is 0.618. The van der Waals surface area contributed by atoms with Gasteiger partial charge in [-0.15, -0.1) is 0 Å². The molecule has 7 heteroatoms. The van der Waals surface area contributed by atoms with E-state index in [4.69, 9.17) is 0 Å². The number of rotatable bonds is 6. The summed E-state index contributed by atoms with van der Waals surface area (Å²) in [6, 6.07) is 9.50. The fourth-order valence-electron chi connectivity index (χ4n) is 3.07. The van der Waals surface area contributed by atoms with Crippen LogP contribution in [0.1, 0.15) is 17.5 Å². The molecule has 7 nitrogen and oxygen atoms in total. The van der Waals surface area contributed by atoms with Crippen molar-refractivity contribution in [1.29, 1.82) is 0 Å². The molecule has 0 saturated heterocycles. The van der Waals surface area contributed by atoms with Gasteiger partial charge in [-0.3, -0.25) is 0 Å². The maximum Gasteiger partial charge on any atom is 0.389 e. The zero-order valence-corrected chi connectivity index (χ0v) is 12.1. The van der Waals surface area contributed by atoms with Crippen molar-refractivity contribution >= 4 is 5.82 Å². The first-order valence-corrected chi connectivity index (χ1v) is 7.27. The van der Waals surface area contributed by atoms with Gasteiger partial charge in [-0.2, -0.15) is 4.68 Å². The van der Waals surface area contributed by atoms with Gasteiger partial charge in [-0.1, -0.05) is 24.3 Å². The molecule has 1 aliphatic rings. The minimum atomic E-state index is -0.508. The van der Waals surface area contributed by atoms with Crippen molar-refractivity contribution in [2.24, 2.45) is 0 Å². The van der Waals surface area contributed by atoms with Gasteiger partial charge in [0.05, 0.1) is 36.1 Å². The summed E-state index contributed by atoms with van der Waals surface area (Å²) < 4.78 is 1.54. The monoisotopic (exact) mass is 302 g/mol. The van der Waals surface area contributed by atoms with Crippen LogP contribution in [0.2, 0.25) is 0 Å². The Kier molecular flexibility index (Phi) is 3.91. The van der Waals surface area contributed by atoms with E-state index in [0.717, 1.165) is 18.4 Å². The summed E-state index contributed by atoms with van der Waals surface area (Å²) in [4.78, 5) is 10.1. The number of hydrogen-bond acceptors (Lipinski definition) is 5. The zero-order valence-electron chi connectivity index (χ0n) is 12.1. The Hall–Kier alpha value is -2.25. The second-order valence-electron chi connectivity index (χ2n) is 5.52. The number of aliphatic hydroxyl groups excluding tert-OH is 1. The molecule has 2 aromatic rings. The number of fused-ring (bicyclic) bond motifs is 1. The third-order valence-electron chi connectivity index (χ3n) is 4.24. The Bertz CT molecular complexity index is 685. The van der Waals surface area contributed by atoms with Gasteiger partial charge >= 0.3 is 5.82 Å². The minimum Gasteiger partial charge on any atom is -0.394 e. The summed E-state index contributed by atoms with van der Waals surface area (Å²) in [6.07, 6.45) is 3.38. The highest BCUT2D eigenvalue weighted by Gasteiger charge is 2.37. The molecule has 0 radical (unpaired) electrons. The van der Waals surface area contributed by atoms with Gasteiger partial charge in [0.15, 0.2) is 0 Å². The molecule has 0 saturated carbocycles. The van der Waals surface area contributed by atoms with E-state index >= 15 is 0 Å². The number of aromatic nitrogens is 2. The largest absolute Gasteiger partial charge is 0.394 e. The van der Waals surface area contributed by atoms with E-state index < -0.39 is 10.5 Å². The lowest BCUT2D eigenvalue weighted by Gasteiger charge is -2.29. The third-order valence-corrected chi connectivity index (χ3v) is 4.24. The van der Waals surface area contributed by atoms with Crippen LogP contribution in [0.25, 0.3) is 0 Å². The van der Waals surface area contributed by atoms with Gasteiger partial charge in [-0.25, -0.2) is 0 Å². The van der Waals surface area contributed by atoms with E-state index in [1.54, 1.807) is 6.20 Å². The number of hydrogen-bond donors (Lipinski definition) is 2. The van der Waals surface area contributed by atoms with Crippen molar-refractivity contribution in [1.82, 2.24) is 15.1 Å². The number of benzene rings is 1. The molecular weight excluding hydrogens is 284 g/mol. The van der Waals surface area contributed by atoms with Gasteiger partial charge < -0.3 is 20.5 Å². The van der Waals surface area contributed by atoms with Gasteiger partial charge in [0.25, 0.3) is 0 Å². The molecule has 2 N–H and O–H groups in total. The highest BCUT2D eigenvalue weighted by Crippen LogP contribution is 2.36. The maximum atomic E-state index is 10.6. The molecular formula is C15H18N4O3. The molecule has 0 spiro atoms. The summed E-state index contributed by atoms with van der Waals surface area (Å²) in [5, 5.41) is 27.8. The topological polar surface area (TPSA) is 93.2 Å². The number of nitrogens with zero attached hydrogens (tertiary/aromatic N) is 3. The van der Waals surface area contributed by atoms with Crippen molar-refractivity contribution < 1.29 is 10.0 Å². The van der Waals surface area contributed by atoms with Gasteiger partial charge in [0.1, 0.15) is 0 Å². The first kappa shape index (κ1) is 14.7. The molecule has 0 aliphatic heterocycles. The summed E-state index contributed by atoms with van der Waals surface area (Å²) in [5.41, 5.74) is 1.98. The Balaban J connectivity index is 1.66. The predicted octanol–water partition coefficient (Wildman–Crippen LogP) is 1.21. The van der Waals surface area contributed by atoms with Gasteiger partial charge in [0.2, 0.25) is 0 Å². The minimum absolute atomic E-state index is 0.0310. The van der Waals surface area contributed by atoms with E-state index in [1.165, 1.54) is 16.3 Å². The molecule has 1 aliphatic carbocycles. The smallest absolute Gasteiger partial charge is 0.389 e. The summed E-state index contributed by atoms with van der Waals surface area (Å²) in [6.45, 7) is 1.12. The lowest BCUT2D eigenvalue weighted by Crippen LogP contribution is -2.45. The van der Waals surface area contributed by atoms with Crippen LogP contribution in [0.4, 0.5) is 5.82 Å². The summed E-state index contributed by atoms with van der Waals surface area (Å²) >= 11 is 0. The fraction of sp³-hybridized carbons (Fsp3) is 0.400. The van der Waals surface area contributed by atoms with Crippen molar-refractivity contribution in [3.05, 3.63) is 57.8 Å². The number of nitrogens with one attached hydrogen (secondary N) is 1. The molecule has 1 unspecified atom stereocenters. The second-order valence-corrected chi connectivity index (χ2v) is 5.52. The van der Waals surface area contributed by atoms with E-state index in [0.29, 0.717) is 13.1 Å². The normalized spacial score (nSPS) is 20.0. The first-order valence-electron chi connectivity index (χ1n) is 7.27. The van der Waals surface area contributed by atoms with E-state index in [-0.39, 0.29) is 12.4 Å². The second kappa shape index (κ2) is 5.86. The highest BCUT2D eigenvalue weighted by atomic mass is 16.6. The highest BCUT2D eigenvalue weighted by molar-refractivity contribution is 5.38. The van der Waals surface area contributed by atoms with Crippen LogP contribution >= 0.6 is 0 Å². The van der Waals surface area contributed by atoms with Crippen LogP contribution in [0.3, 0.4) is 0 Å². The Morgan fingerprint density at radius 1 is 1.41 bits per heavy atom. The standard InChI is InChI=1S/C15H18N4O3/c20-11-15(7-5-12-3-1-2-4-13(12)15)16-8-10-18-9-6-14(17-18)19(21)22/h1-4,6,9,16,20H,5,7-8,10-11H2.